The summed E-state index contributed by atoms with van der Waals surface area (Å²) in [5.41, 5.74) is 1.56. The molecule has 19 heavy (non-hydrogen) atoms. The quantitative estimate of drug-likeness (QED) is 0.846. The number of benzene rings is 1. The number of hydrogen-bond donors (Lipinski definition) is 1. The number of esters is 1. The summed E-state index contributed by atoms with van der Waals surface area (Å²) in [6, 6.07) is 8.04. The van der Waals surface area contributed by atoms with Crippen molar-refractivity contribution in [3.63, 3.8) is 0 Å². The number of rotatable bonds is 3. The van der Waals surface area contributed by atoms with Gasteiger partial charge in [-0.15, -0.1) is 0 Å². The molecule has 0 atom stereocenters. The summed E-state index contributed by atoms with van der Waals surface area (Å²) in [5, 5.41) is 3.43. The van der Waals surface area contributed by atoms with Gasteiger partial charge in [0.05, 0.1) is 7.11 Å². The van der Waals surface area contributed by atoms with Crippen molar-refractivity contribution in [3.8, 4) is 0 Å². The van der Waals surface area contributed by atoms with Crippen LogP contribution >= 0.6 is 0 Å². The van der Waals surface area contributed by atoms with E-state index in [0.717, 1.165) is 37.2 Å². The van der Waals surface area contributed by atoms with Crippen molar-refractivity contribution < 1.29 is 9.53 Å². The number of likely N-dealkylation sites (tertiary alicyclic amines) is 1. The average molecular weight is 262 g/mol. The first kappa shape index (κ1) is 13.9. The zero-order chi connectivity index (χ0) is 13.9. The summed E-state index contributed by atoms with van der Waals surface area (Å²) in [7, 11) is 3.54. The topological polar surface area (TPSA) is 41.6 Å². The number of methoxy groups -OCH3 is 1. The second kappa shape index (κ2) is 5.61. The number of aryl methyl sites for hydroxylation is 1. The number of carbonyl (C=O) groups is 1. The second-order valence-electron chi connectivity index (χ2n) is 5.32. The zero-order valence-electron chi connectivity index (χ0n) is 11.9. The minimum Gasteiger partial charge on any atom is -0.467 e. The summed E-state index contributed by atoms with van der Waals surface area (Å²) in [4.78, 5) is 14.4. The van der Waals surface area contributed by atoms with E-state index in [1.165, 1.54) is 7.11 Å². The predicted octanol–water partition coefficient (Wildman–Crippen LogP) is 2.04. The fourth-order valence-electron chi connectivity index (χ4n) is 2.55. The lowest BCUT2D eigenvalue weighted by molar-refractivity contribution is -0.147. The molecular formula is C15H22N2O2. The second-order valence-corrected chi connectivity index (χ2v) is 5.32. The van der Waals surface area contributed by atoms with Gasteiger partial charge in [-0.3, -0.25) is 0 Å². The van der Waals surface area contributed by atoms with Crippen LogP contribution in [-0.2, 0) is 9.53 Å². The third kappa shape index (κ3) is 2.89. The minimum absolute atomic E-state index is 0.163. The smallest absolute Gasteiger partial charge is 0.331 e. The van der Waals surface area contributed by atoms with Gasteiger partial charge in [-0.1, -0.05) is 18.2 Å². The highest BCUT2D eigenvalue weighted by Gasteiger charge is 2.42. The molecule has 1 aliphatic rings. The van der Waals surface area contributed by atoms with Crippen LogP contribution in [0.2, 0.25) is 0 Å². The fraction of sp³-hybridized carbons (Fsp3) is 0.533. The van der Waals surface area contributed by atoms with E-state index in [1.54, 1.807) is 0 Å². The van der Waals surface area contributed by atoms with E-state index >= 15 is 0 Å². The molecule has 104 valence electrons. The van der Waals surface area contributed by atoms with E-state index in [-0.39, 0.29) is 5.97 Å². The standard InChI is InChI=1S/C15H22N2O2/c1-12-6-4-5-7-13(12)16-15(14(18)19-3)8-10-17(2)11-9-15/h4-7,16H,8-11H2,1-3H3. The molecule has 4 heteroatoms. The van der Waals surface area contributed by atoms with Crippen LogP contribution in [0.5, 0.6) is 0 Å². The van der Waals surface area contributed by atoms with Crippen LogP contribution in [0.15, 0.2) is 24.3 Å². The molecule has 1 fully saturated rings. The number of carbonyl (C=O) groups excluding carboxylic acids is 1. The molecule has 0 spiro atoms. The molecule has 0 bridgehead atoms. The van der Waals surface area contributed by atoms with Gasteiger partial charge in [0.25, 0.3) is 0 Å². The van der Waals surface area contributed by atoms with Crippen LogP contribution < -0.4 is 5.32 Å². The van der Waals surface area contributed by atoms with E-state index in [1.807, 2.05) is 31.2 Å². The first-order valence-corrected chi connectivity index (χ1v) is 6.68. The largest absolute Gasteiger partial charge is 0.467 e. The van der Waals surface area contributed by atoms with Gasteiger partial charge < -0.3 is 15.0 Å². The molecule has 1 aromatic rings. The Morgan fingerprint density at radius 1 is 1.32 bits per heavy atom. The number of anilines is 1. The molecule has 0 saturated carbocycles. The maximum atomic E-state index is 12.2. The molecule has 0 amide bonds. The highest BCUT2D eigenvalue weighted by molar-refractivity contribution is 5.85. The lowest BCUT2D eigenvalue weighted by atomic mass is 9.87. The summed E-state index contributed by atoms with van der Waals surface area (Å²) < 4.78 is 5.02. The molecule has 4 nitrogen and oxygen atoms in total. The first-order valence-electron chi connectivity index (χ1n) is 6.68. The molecule has 1 heterocycles. The Hall–Kier alpha value is -1.55. The van der Waals surface area contributed by atoms with Crippen LogP contribution in [0.1, 0.15) is 18.4 Å². The van der Waals surface area contributed by atoms with Crippen molar-refractivity contribution >= 4 is 11.7 Å². The van der Waals surface area contributed by atoms with Gasteiger partial charge in [-0.25, -0.2) is 4.79 Å². The molecule has 1 aliphatic heterocycles. The van der Waals surface area contributed by atoms with Gasteiger partial charge >= 0.3 is 5.97 Å². The Bertz CT molecular complexity index is 451. The Morgan fingerprint density at radius 3 is 2.53 bits per heavy atom. The van der Waals surface area contributed by atoms with Crippen molar-refractivity contribution in [1.29, 1.82) is 0 Å². The molecule has 0 aliphatic carbocycles. The summed E-state index contributed by atoms with van der Waals surface area (Å²) in [5.74, 6) is -0.163. The van der Waals surface area contributed by atoms with Crippen LogP contribution in [0, 0.1) is 6.92 Å². The summed E-state index contributed by atoms with van der Waals surface area (Å²) >= 11 is 0. The van der Waals surface area contributed by atoms with Gasteiger partial charge in [-0.05, 0) is 38.4 Å². The molecule has 0 radical (unpaired) electrons. The van der Waals surface area contributed by atoms with Crippen molar-refractivity contribution in [2.24, 2.45) is 0 Å². The van der Waals surface area contributed by atoms with Gasteiger partial charge in [0.2, 0.25) is 0 Å². The van der Waals surface area contributed by atoms with E-state index < -0.39 is 5.54 Å². The molecular weight excluding hydrogens is 240 g/mol. The monoisotopic (exact) mass is 262 g/mol. The van der Waals surface area contributed by atoms with E-state index in [0.29, 0.717) is 0 Å². The highest BCUT2D eigenvalue weighted by atomic mass is 16.5. The van der Waals surface area contributed by atoms with Gasteiger partial charge in [0, 0.05) is 18.8 Å². The Morgan fingerprint density at radius 2 is 1.95 bits per heavy atom. The normalized spacial score (nSPS) is 18.9. The third-order valence-electron chi connectivity index (χ3n) is 3.94. The molecule has 1 aromatic carbocycles. The Kier molecular flexibility index (Phi) is 4.10. The van der Waals surface area contributed by atoms with E-state index in [2.05, 4.69) is 17.3 Å². The number of ether oxygens (including phenoxy) is 1. The highest BCUT2D eigenvalue weighted by Crippen LogP contribution is 2.29. The van der Waals surface area contributed by atoms with Crippen LogP contribution in [0.25, 0.3) is 0 Å². The van der Waals surface area contributed by atoms with Gasteiger partial charge in [0.1, 0.15) is 5.54 Å². The van der Waals surface area contributed by atoms with E-state index in [9.17, 15) is 4.79 Å². The lowest BCUT2D eigenvalue weighted by Crippen LogP contribution is -2.54. The maximum absolute atomic E-state index is 12.2. The number of nitrogens with one attached hydrogen (secondary N) is 1. The van der Waals surface area contributed by atoms with Crippen molar-refractivity contribution in [3.05, 3.63) is 29.8 Å². The minimum atomic E-state index is -0.590. The Balaban J connectivity index is 2.24. The van der Waals surface area contributed by atoms with Gasteiger partial charge in [0.15, 0.2) is 0 Å². The molecule has 0 unspecified atom stereocenters. The summed E-state index contributed by atoms with van der Waals surface area (Å²) in [6.07, 6.45) is 1.54. The molecule has 1 N–H and O–H groups in total. The molecule has 1 saturated heterocycles. The maximum Gasteiger partial charge on any atom is 0.331 e. The molecule has 0 aromatic heterocycles. The number of nitrogens with zero attached hydrogens (tertiary/aromatic N) is 1. The lowest BCUT2D eigenvalue weighted by Gasteiger charge is -2.39. The molecule has 2 rings (SSSR count). The van der Waals surface area contributed by atoms with Crippen molar-refractivity contribution in [2.75, 3.05) is 32.6 Å². The Labute approximate surface area is 114 Å². The van der Waals surface area contributed by atoms with E-state index in [4.69, 9.17) is 4.74 Å². The summed E-state index contributed by atoms with van der Waals surface area (Å²) in [6.45, 7) is 3.84. The predicted molar refractivity (Wildman–Crippen MR) is 76.3 cm³/mol. The number of para-hydroxylation sites is 1. The number of piperidine rings is 1. The number of hydrogen-bond acceptors (Lipinski definition) is 4. The van der Waals surface area contributed by atoms with Crippen molar-refractivity contribution in [2.45, 2.75) is 25.3 Å². The van der Waals surface area contributed by atoms with Gasteiger partial charge in [-0.2, -0.15) is 0 Å². The third-order valence-corrected chi connectivity index (χ3v) is 3.94. The van der Waals surface area contributed by atoms with Crippen LogP contribution in [0.4, 0.5) is 5.69 Å². The van der Waals surface area contributed by atoms with Crippen molar-refractivity contribution in [1.82, 2.24) is 4.90 Å². The fourth-order valence-corrected chi connectivity index (χ4v) is 2.55. The average Bonchev–Trinajstić information content (AvgIpc) is 2.43. The first-order chi connectivity index (χ1) is 9.07. The van der Waals surface area contributed by atoms with Crippen LogP contribution in [-0.4, -0.2) is 43.7 Å². The SMILES string of the molecule is COC(=O)C1(Nc2ccccc2C)CCN(C)CC1. The van der Waals surface area contributed by atoms with Crippen LogP contribution in [0.3, 0.4) is 0 Å². The zero-order valence-corrected chi connectivity index (χ0v) is 11.9.